The fraction of sp³-hybridized carbons (Fsp3) is 0.476. The van der Waals surface area contributed by atoms with Gasteiger partial charge >= 0.3 is 5.91 Å². The Kier molecular flexibility index (Phi) is 5.63. The average molecular weight is 369 g/mol. The molecule has 27 heavy (non-hydrogen) atoms. The van der Waals surface area contributed by atoms with Gasteiger partial charge in [-0.1, -0.05) is 51.1 Å². The SMILES string of the molecule is CC(C)(C)C(=O)N1CCC(NC(=O)c2ncc(Cc3ccccc3)o2)CC1. The number of hydrogen-bond donors (Lipinski definition) is 1. The molecule has 1 aromatic heterocycles. The Bertz CT molecular complexity index is 785. The quantitative estimate of drug-likeness (QED) is 0.899. The van der Waals surface area contributed by atoms with E-state index >= 15 is 0 Å². The van der Waals surface area contributed by atoms with Crippen molar-refractivity contribution in [2.75, 3.05) is 13.1 Å². The van der Waals surface area contributed by atoms with E-state index in [4.69, 9.17) is 4.42 Å². The number of carbonyl (C=O) groups is 2. The molecule has 2 amide bonds. The third-order valence-corrected chi connectivity index (χ3v) is 4.73. The lowest BCUT2D eigenvalue weighted by atomic mass is 9.93. The summed E-state index contributed by atoms with van der Waals surface area (Å²) in [5, 5.41) is 2.98. The van der Waals surface area contributed by atoms with Crippen LogP contribution >= 0.6 is 0 Å². The lowest BCUT2D eigenvalue weighted by Gasteiger charge is -2.35. The first-order valence-electron chi connectivity index (χ1n) is 9.42. The fourth-order valence-electron chi connectivity index (χ4n) is 3.24. The molecule has 2 heterocycles. The van der Waals surface area contributed by atoms with Crippen molar-refractivity contribution in [2.24, 2.45) is 5.41 Å². The minimum Gasteiger partial charge on any atom is -0.437 e. The van der Waals surface area contributed by atoms with Gasteiger partial charge in [-0.25, -0.2) is 4.98 Å². The van der Waals surface area contributed by atoms with Crippen LogP contribution in [0.2, 0.25) is 0 Å². The van der Waals surface area contributed by atoms with Gasteiger partial charge in [0.15, 0.2) is 0 Å². The molecule has 0 atom stereocenters. The van der Waals surface area contributed by atoms with Crippen molar-refractivity contribution in [1.82, 2.24) is 15.2 Å². The first-order chi connectivity index (χ1) is 12.8. The predicted octanol–water partition coefficient (Wildman–Crippen LogP) is 3.03. The summed E-state index contributed by atoms with van der Waals surface area (Å²) >= 11 is 0. The van der Waals surface area contributed by atoms with Gasteiger partial charge in [-0.2, -0.15) is 0 Å². The van der Waals surface area contributed by atoms with Crippen molar-refractivity contribution in [2.45, 2.75) is 46.1 Å². The summed E-state index contributed by atoms with van der Waals surface area (Å²) < 4.78 is 5.61. The van der Waals surface area contributed by atoms with Crippen molar-refractivity contribution < 1.29 is 14.0 Å². The van der Waals surface area contributed by atoms with Gasteiger partial charge in [-0.3, -0.25) is 9.59 Å². The van der Waals surface area contributed by atoms with Crippen molar-refractivity contribution in [3.8, 4) is 0 Å². The molecular weight excluding hydrogens is 342 g/mol. The molecule has 0 saturated carbocycles. The van der Waals surface area contributed by atoms with E-state index in [1.54, 1.807) is 6.20 Å². The molecule has 0 radical (unpaired) electrons. The first-order valence-corrected chi connectivity index (χ1v) is 9.42. The summed E-state index contributed by atoms with van der Waals surface area (Å²) in [6.07, 6.45) is 3.69. The standard InChI is InChI=1S/C21H27N3O3/c1-21(2,3)20(26)24-11-9-16(10-12-24)23-18(25)19-22-14-17(27-19)13-15-7-5-4-6-8-15/h4-8,14,16H,9-13H2,1-3H3,(H,23,25). The molecule has 6 heteroatoms. The van der Waals surface area contributed by atoms with Crippen molar-refractivity contribution in [1.29, 1.82) is 0 Å². The molecule has 0 unspecified atom stereocenters. The Morgan fingerprint density at radius 2 is 1.85 bits per heavy atom. The maximum Gasteiger partial charge on any atom is 0.307 e. The molecule has 2 aromatic rings. The number of oxazole rings is 1. The summed E-state index contributed by atoms with van der Waals surface area (Å²) in [5.41, 5.74) is 0.736. The van der Waals surface area contributed by atoms with E-state index in [0.717, 1.165) is 18.4 Å². The van der Waals surface area contributed by atoms with Crippen LogP contribution in [0.15, 0.2) is 40.9 Å². The van der Waals surface area contributed by atoms with Crippen molar-refractivity contribution >= 4 is 11.8 Å². The number of hydrogen-bond acceptors (Lipinski definition) is 4. The van der Waals surface area contributed by atoms with Crippen LogP contribution in [0.1, 0.15) is 55.6 Å². The second-order valence-corrected chi connectivity index (χ2v) is 8.08. The molecule has 1 aliphatic rings. The maximum atomic E-state index is 12.4. The van der Waals surface area contributed by atoms with Gasteiger partial charge in [-0.15, -0.1) is 0 Å². The summed E-state index contributed by atoms with van der Waals surface area (Å²) in [7, 11) is 0. The van der Waals surface area contributed by atoms with E-state index in [1.807, 2.05) is 56.0 Å². The van der Waals surface area contributed by atoms with Crippen LogP contribution in [0.4, 0.5) is 0 Å². The zero-order valence-electron chi connectivity index (χ0n) is 16.2. The molecule has 144 valence electrons. The number of nitrogens with zero attached hydrogens (tertiary/aromatic N) is 2. The summed E-state index contributed by atoms with van der Waals surface area (Å²) in [6.45, 7) is 7.11. The zero-order chi connectivity index (χ0) is 19.4. The molecule has 1 aromatic carbocycles. The number of aromatic nitrogens is 1. The van der Waals surface area contributed by atoms with Crippen LogP contribution in [0, 0.1) is 5.41 Å². The second kappa shape index (κ2) is 7.94. The zero-order valence-corrected chi connectivity index (χ0v) is 16.2. The lowest BCUT2D eigenvalue weighted by molar-refractivity contribution is -0.140. The van der Waals surface area contributed by atoms with Crippen LogP contribution in [-0.2, 0) is 11.2 Å². The van der Waals surface area contributed by atoms with Crippen LogP contribution < -0.4 is 5.32 Å². The van der Waals surface area contributed by atoms with Gasteiger partial charge in [0.25, 0.3) is 5.89 Å². The minimum absolute atomic E-state index is 0.0333. The number of benzene rings is 1. The highest BCUT2D eigenvalue weighted by Gasteiger charge is 2.31. The van der Waals surface area contributed by atoms with Crippen molar-refractivity contribution in [3.63, 3.8) is 0 Å². The molecule has 1 fully saturated rings. The molecule has 0 aliphatic carbocycles. The summed E-state index contributed by atoms with van der Waals surface area (Å²) in [5.74, 6) is 0.617. The maximum absolute atomic E-state index is 12.4. The lowest BCUT2D eigenvalue weighted by Crippen LogP contribution is -2.49. The van der Waals surface area contributed by atoms with Gasteiger partial charge in [0.2, 0.25) is 5.91 Å². The summed E-state index contributed by atoms with van der Waals surface area (Å²) in [4.78, 5) is 30.7. The monoisotopic (exact) mass is 369 g/mol. The van der Waals surface area contributed by atoms with E-state index in [-0.39, 0.29) is 29.2 Å². The number of nitrogens with one attached hydrogen (secondary N) is 1. The van der Waals surface area contributed by atoms with E-state index in [9.17, 15) is 9.59 Å². The Morgan fingerprint density at radius 1 is 1.19 bits per heavy atom. The molecular formula is C21H27N3O3. The average Bonchev–Trinajstić information content (AvgIpc) is 3.10. The highest BCUT2D eigenvalue weighted by molar-refractivity contribution is 5.89. The first kappa shape index (κ1) is 19.1. The Labute approximate surface area is 160 Å². The van der Waals surface area contributed by atoms with E-state index in [1.165, 1.54) is 0 Å². The Balaban J connectivity index is 1.51. The van der Waals surface area contributed by atoms with E-state index in [0.29, 0.717) is 25.3 Å². The minimum atomic E-state index is -0.372. The predicted molar refractivity (Wildman–Crippen MR) is 102 cm³/mol. The van der Waals surface area contributed by atoms with Crippen LogP contribution in [0.5, 0.6) is 0 Å². The molecule has 3 rings (SSSR count). The second-order valence-electron chi connectivity index (χ2n) is 8.08. The van der Waals surface area contributed by atoms with E-state index < -0.39 is 0 Å². The number of likely N-dealkylation sites (tertiary alicyclic amines) is 1. The third-order valence-electron chi connectivity index (χ3n) is 4.73. The molecule has 6 nitrogen and oxygen atoms in total. The van der Waals surface area contributed by atoms with Crippen LogP contribution in [-0.4, -0.2) is 40.8 Å². The van der Waals surface area contributed by atoms with Crippen molar-refractivity contribution in [3.05, 3.63) is 53.7 Å². The normalized spacial score (nSPS) is 15.6. The van der Waals surface area contributed by atoms with Gasteiger partial charge in [0, 0.05) is 31.0 Å². The van der Waals surface area contributed by atoms with Gasteiger partial charge in [0.05, 0.1) is 6.20 Å². The molecule has 1 N–H and O–H groups in total. The van der Waals surface area contributed by atoms with Gasteiger partial charge in [0.1, 0.15) is 5.76 Å². The largest absolute Gasteiger partial charge is 0.437 e. The smallest absolute Gasteiger partial charge is 0.307 e. The third kappa shape index (κ3) is 4.96. The molecule has 1 aliphatic heterocycles. The number of carbonyl (C=O) groups excluding carboxylic acids is 2. The highest BCUT2D eigenvalue weighted by Crippen LogP contribution is 2.21. The summed E-state index contributed by atoms with van der Waals surface area (Å²) in [6, 6.07) is 9.95. The number of rotatable bonds is 4. The van der Waals surface area contributed by atoms with E-state index in [2.05, 4.69) is 10.3 Å². The highest BCUT2D eigenvalue weighted by atomic mass is 16.4. The Hall–Kier alpha value is -2.63. The fourth-order valence-corrected chi connectivity index (χ4v) is 3.24. The number of amides is 2. The Morgan fingerprint density at radius 3 is 2.48 bits per heavy atom. The number of piperidine rings is 1. The molecule has 1 saturated heterocycles. The molecule has 0 spiro atoms. The van der Waals surface area contributed by atoms with Crippen LogP contribution in [0.3, 0.4) is 0 Å². The topological polar surface area (TPSA) is 75.4 Å². The molecule has 0 bridgehead atoms. The van der Waals surface area contributed by atoms with Gasteiger partial charge < -0.3 is 14.6 Å². The van der Waals surface area contributed by atoms with Crippen LogP contribution in [0.25, 0.3) is 0 Å². The van der Waals surface area contributed by atoms with Gasteiger partial charge in [-0.05, 0) is 18.4 Å².